The Bertz CT molecular complexity index is 1170. The van der Waals surface area contributed by atoms with E-state index in [1.165, 1.54) is 12.1 Å². The predicted octanol–water partition coefficient (Wildman–Crippen LogP) is 4.83. The zero-order chi connectivity index (χ0) is 21.8. The van der Waals surface area contributed by atoms with Gasteiger partial charge in [0.25, 0.3) is 5.91 Å². The molecule has 4 aromatic rings. The first-order valence-electron chi connectivity index (χ1n) is 9.16. The van der Waals surface area contributed by atoms with E-state index >= 15 is 0 Å². The monoisotopic (exact) mass is 443 g/mol. The topological polar surface area (TPSA) is 84.8 Å². The van der Waals surface area contributed by atoms with Crippen LogP contribution >= 0.6 is 11.6 Å². The van der Waals surface area contributed by atoms with Crippen LogP contribution in [0.3, 0.4) is 0 Å². The number of ether oxygens (including phenoxy) is 1. The summed E-state index contributed by atoms with van der Waals surface area (Å²) >= 11 is 5.89. The van der Waals surface area contributed by atoms with E-state index in [4.69, 9.17) is 11.6 Å². The van der Waals surface area contributed by atoms with Crippen LogP contribution in [0.25, 0.3) is 11.3 Å². The number of hydrogen-bond donors (Lipinski definition) is 2. The fourth-order valence-corrected chi connectivity index (χ4v) is 3.00. The number of hydrogen-bond acceptors (Lipinski definition) is 4. The highest BCUT2D eigenvalue weighted by Crippen LogP contribution is 2.22. The van der Waals surface area contributed by atoms with Crippen molar-refractivity contribution in [3.8, 4) is 17.0 Å². The van der Waals surface area contributed by atoms with Crippen molar-refractivity contribution in [3.05, 3.63) is 83.1 Å². The van der Waals surface area contributed by atoms with E-state index in [1.807, 2.05) is 12.1 Å². The molecule has 1 amide bonds. The van der Waals surface area contributed by atoms with E-state index in [-0.39, 0.29) is 11.4 Å². The summed E-state index contributed by atoms with van der Waals surface area (Å²) in [6.45, 7) is -2.35. The van der Waals surface area contributed by atoms with Crippen LogP contribution in [0.5, 0.6) is 5.75 Å². The van der Waals surface area contributed by atoms with Crippen LogP contribution in [-0.4, -0.2) is 32.5 Å². The lowest BCUT2D eigenvalue weighted by atomic mass is 10.1. The van der Waals surface area contributed by atoms with Gasteiger partial charge in [-0.2, -0.15) is 19.0 Å². The zero-order valence-corrected chi connectivity index (χ0v) is 16.7. The first-order valence-corrected chi connectivity index (χ1v) is 9.54. The summed E-state index contributed by atoms with van der Waals surface area (Å²) in [7, 11) is 0. The van der Waals surface area contributed by atoms with Gasteiger partial charge in [0.2, 0.25) is 0 Å². The minimum absolute atomic E-state index is 0.0430. The normalized spacial score (nSPS) is 11.0. The predicted molar refractivity (Wildman–Crippen MR) is 111 cm³/mol. The van der Waals surface area contributed by atoms with Gasteiger partial charge in [-0.25, -0.2) is 0 Å². The molecule has 0 aliphatic carbocycles. The fourth-order valence-electron chi connectivity index (χ4n) is 2.87. The molecule has 10 heteroatoms. The average molecular weight is 444 g/mol. The van der Waals surface area contributed by atoms with Gasteiger partial charge in [-0.05, 0) is 48.0 Å². The van der Waals surface area contributed by atoms with E-state index in [9.17, 15) is 13.6 Å². The van der Waals surface area contributed by atoms with Gasteiger partial charge in [-0.3, -0.25) is 14.6 Å². The first kappa shape index (κ1) is 20.5. The Morgan fingerprint density at radius 3 is 2.58 bits per heavy atom. The van der Waals surface area contributed by atoms with Crippen molar-refractivity contribution in [2.24, 2.45) is 0 Å². The number of nitrogens with one attached hydrogen (secondary N) is 2. The van der Waals surface area contributed by atoms with Crippen LogP contribution in [0, 0.1) is 0 Å². The molecule has 2 aromatic heterocycles. The minimum atomic E-state index is -2.89. The molecule has 0 aliphatic heterocycles. The highest BCUT2D eigenvalue weighted by molar-refractivity contribution is 6.30. The lowest BCUT2D eigenvalue weighted by Gasteiger charge is -2.04. The van der Waals surface area contributed by atoms with Gasteiger partial charge >= 0.3 is 6.61 Å². The van der Waals surface area contributed by atoms with E-state index in [0.717, 1.165) is 5.56 Å². The van der Waals surface area contributed by atoms with Gasteiger partial charge < -0.3 is 10.1 Å². The Morgan fingerprint density at radius 2 is 1.87 bits per heavy atom. The second-order valence-electron chi connectivity index (χ2n) is 6.55. The zero-order valence-electron chi connectivity index (χ0n) is 15.9. The molecule has 0 radical (unpaired) electrons. The highest BCUT2D eigenvalue weighted by atomic mass is 35.5. The SMILES string of the molecule is O=C(Nc1ccn(Cc2ccc(Cl)cc2)n1)c1cc(-c2ccc(OC(F)F)cc2)n[nH]1. The summed E-state index contributed by atoms with van der Waals surface area (Å²) in [5.41, 5.74) is 2.38. The number of halogens is 3. The van der Waals surface area contributed by atoms with Gasteiger partial charge in [-0.1, -0.05) is 23.7 Å². The van der Waals surface area contributed by atoms with E-state index in [2.05, 4.69) is 25.3 Å². The lowest BCUT2D eigenvalue weighted by Crippen LogP contribution is -2.13. The van der Waals surface area contributed by atoms with E-state index < -0.39 is 12.5 Å². The van der Waals surface area contributed by atoms with Crippen molar-refractivity contribution in [1.29, 1.82) is 0 Å². The molecule has 31 heavy (non-hydrogen) atoms. The number of alkyl halides is 2. The van der Waals surface area contributed by atoms with E-state index in [1.54, 1.807) is 47.3 Å². The molecular formula is C21H16ClF2N5O2. The molecule has 0 unspecified atom stereocenters. The largest absolute Gasteiger partial charge is 0.435 e. The van der Waals surface area contributed by atoms with Crippen LogP contribution in [-0.2, 0) is 6.54 Å². The van der Waals surface area contributed by atoms with Crippen LogP contribution in [0.15, 0.2) is 66.9 Å². The number of rotatable bonds is 7. The first-order chi connectivity index (χ1) is 15.0. The molecule has 7 nitrogen and oxygen atoms in total. The quantitative estimate of drug-likeness (QED) is 0.428. The Hall–Kier alpha value is -3.72. The summed E-state index contributed by atoms with van der Waals surface area (Å²) in [4.78, 5) is 12.5. The summed E-state index contributed by atoms with van der Waals surface area (Å²) in [6, 6.07) is 16.6. The third-order valence-electron chi connectivity index (χ3n) is 4.34. The van der Waals surface area contributed by atoms with Crippen molar-refractivity contribution >= 4 is 23.3 Å². The molecule has 0 spiro atoms. The van der Waals surface area contributed by atoms with Crippen LogP contribution in [0.2, 0.25) is 5.02 Å². The molecular weight excluding hydrogens is 428 g/mol. The molecule has 0 saturated carbocycles. The standard InChI is InChI=1S/C21H16ClF2N5O2/c22-15-5-1-13(2-6-15)12-29-10-9-19(28-29)25-20(30)18-11-17(26-27-18)14-3-7-16(8-4-14)31-21(23)24/h1-11,21H,12H2,(H,26,27)(H,25,28,30). The van der Waals surface area contributed by atoms with Gasteiger partial charge in [-0.15, -0.1) is 0 Å². The van der Waals surface area contributed by atoms with Crippen LogP contribution in [0.4, 0.5) is 14.6 Å². The van der Waals surface area contributed by atoms with Crippen LogP contribution < -0.4 is 10.1 Å². The number of carbonyl (C=O) groups excluding carboxylic acids is 1. The Kier molecular flexibility index (Phi) is 5.94. The van der Waals surface area contributed by atoms with Gasteiger partial charge in [0.15, 0.2) is 5.82 Å². The summed E-state index contributed by atoms with van der Waals surface area (Å²) in [5, 5.41) is 14.5. The second kappa shape index (κ2) is 8.97. The number of benzene rings is 2. The minimum Gasteiger partial charge on any atom is -0.435 e. The van der Waals surface area contributed by atoms with E-state index in [0.29, 0.717) is 28.6 Å². The second-order valence-corrected chi connectivity index (χ2v) is 6.99. The number of carbonyl (C=O) groups is 1. The van der Waals surface area contributed by atoms with Crippen molar-refractivity contribution in [2.45, 2.75) is 13.2 Å². The third kappa shape index (κ3) is 5.26. The Labute approximate surface area is 180 Å². The highest BCUT2D eigenvalue weighted by Gasteiger charge is 2.13. The maximum absolute atomic E-state index is 12.5. The molecule has 0 aliphatic rings. The van der Waals surface area contributed by atoms with Crippen molar-refractivity contribution in [3.63, 3.8) is 0 Å². The molecule has 4 rings (SSSR count). The number of aromatic nitrogens is 4. The van der Waals surface area contributed by atoms with Crippen molar-refractivity contribution < 1.29 is 18.3 Å². The summed E-state index contributed by atoms with van der Waals surface area (Å²) < 4.78 is 30.5. The van der Waals surface area contributed by atoms with Gasteiger partial charge in [0.1, 0.15) is 11.4 Å². The van der Waals surface area contributed by atoms with Gasteiger partial charge in [0.05, 0.1) is 12.2 Å². The smallest absolute Gasteiger partial charge is 0.387 e. The maximum Gasteiger partial charge on any atom is 0.387 e. The summed E-state index contributed by atoms with van der Waals surface area (Å²) in [6.07, 6.45) is 1.76. The molecule has 0 saturated heterocycles. The Balaban J connectivity index is 1.39. The molecule has 0 atom stereocenters. The van der Waals surface area contributed by atoms with Gasteiger partial charge in [0, 0.05) is 22.8 Å². The fraction of sp³-hybridized carbons (Fsp3) is 0.0952. The number of anilines is 1. The number of H-pyrrole nitrogens is 1. The molecule has 0 fully saturated rings. The van der Waals surface area contributed by atoms with Crippen molar-refractivity contribution in [1.82, 2.24) is 20.0 Å². The molecule has 2 aromatic carbocycles. The average Bonchev–Trinajstić information content (AvgIpc) is 3.40. The molecule has 158 valence electrons. The van der Waals surface area contributed by atoms with Crippen molar-refractivity contribution in [2.75, 3.05) is 5.32 Å². The third-order valence-corrected chi connectivity index (χ3v) is 4.59. The lowest BCUT2D eigenvalue weighted by molar-refractivity contribution is -0.0498. The summed E-state index contributed by atoms with van der Waals surface area (Å²) in [5.74, 6) is 0.0261. The maximum atomic E-state index is 12.5. The Morgan fingerprint density at radius 1 is 1.13 bits per heavy atom. The molecule has 0 bridgehead atoms. The molecule has 2 N–H and O–H groups in total. The molecule has 2 heterocycles. The number of nitrogens with zero attached hydrogens (tertiary/aromatic N) is 3. The number of amides is 1. The van der Waals surface area contributed by atoms with Crippen LogP contribution in [0.1, 0.15) is 16.1 Å². The number of aromatic amines is 1.